The summed E-state index contributed by atoms with van der Waals surface area (Å²) in [6, 6.07) is 12.1. The Bertz CT molecular complexity index is 594. The fourth-order valence-electron chi connectivity index (χ4n) is 2.11. The molecule has 0 fully saturated rings. The summed E-state index contributed by atoms with van der Waals surface area (Å²) in [6.07, 6.45) is 0. The Balaban J connectivity index is 2.34. The van der Waals surface area contributed by atoms with Gasteiger partial charge >= 0.3 is 0 Å². The van der Waals surface area contributed by atoms with E-state index in [0.29, 0.717) is 0 Å². The third kappa shape index (κ3) is 3.31. The fourth-order valence-corrected chi connectivity index (χ4v) is 2.11. The molecule has 1 N–H and O–H groups in total. The van der Waals surface area contributed by atoms with Crippen LogP contribution in [0, 0.1) is 13.8 Å². The van der Waals surface area contributed by atoms with Gasteiger partial charge in [-0.2, -0.15) is 0 Å². The number of hydrogen-bond donors (Lipinski definition) is 1. The smallest absolute Gasteiger partial charge is 0.169 e. The Morgan fingerprint density at radius 1 is 0.900 bits per heavy atom. The van der Waals surface area contributed by atoms with Crippen molar-refractivity contribution in [1.82, 2.24) is 5.32 Å². The predicted octanol–water partition coefficient (Wildman–Crippen LogP) is 3.82. The number of ether oxygens (including phenoxy) is 2. The number of rotatable bonds is 5. The minimum absolute atomic E-state index is 0.735. The normalized spacial score (nSPS) is 10.4. The van der Waals surface area contributed by atoms with Crippen molar-refractivity contribution in [2.24, 2.45) is 0 Å². The Morgan fingerprint density at radius 3 is 2.20 bits per heavy atom. The lowest BCUT2D eigenvalue weighted by molar-refractivity contribution is 0.377. The molecule has 0 heterocycles. The molecule has 0 saturated heterocycles. The molecule has 0 bridgehead atoms. The van der Waals surface area contributed by atoms with Crippen LogP contribution in [0.4, 0.5) is 0 Å². The van der Waals surface area contributed by atoms with Crippen LogP contribution in [-0.2, 0) is 6.54 Å². The van der Waals surface area contributed by atoms with E-state index in [0.717, 1.165) is 34.9 Å². The molecule has 0 aliphatic rings. The molecular weight excluding hydrogens is 250 g/mol. The van der Waals surface area contributed by atoms with E-state index in [1.807, 2.05) is 38.2 Å². The molecule has 0 amide bonds. The van der Waals surface area contributed by atoms with Gasteiger partial charge in [-0.25, -0.2) is 0 Å². The molecule has 0 aliphatic carbocycles. The maximum absolute atomic E-state index is 6.03. The second-order valence-corrected chi connectivity index (χ2v) is 4.90. The highest BCUT2D eigenvalue weighted by Gasteiger charge is 2.09. The summed E-state index contributed by atoms with van der Waals surface area (Å²) in [7, 11) is 3.59. The van der Waals surface area contributed by atoms with Gasteiger partial charge in [0, 0.05) is 12.1 Å². The van der Waals surface area contributed by atoms with Crippen LogP contribution in [0.15, 0.2) is 36.4 Å². The van der Waals surface area contributed by atoms with Crippen molar-refractivity contribution in [3.8, 4) is 17.2 Å². The van der Waals surface area contributed by atoms with Gasteiger partial charge in [-0.3, -0.25) is 0 Å². The Kier molecular flexibility index (Phi) is 4.64. The highest BCUT2D eigenvalue weighted by molar-refractivity contribution is 5.47. The molecule has 20 heavy (non-hydrogen) atoms. The van der Waals surface area contributed by atoms with Crippen molar-refractivity contribution in [3.05, 3.63) is 53.1 Å². The second kappa shape index (κ2) is 6.44. The van der Waals surface area contributed by atoms with Crippen LogP contribution in [0.1, 0.15) is 16.7 Å². The van der Waals surface area contributed by atoms with Crippen molar-refractivity contribution in [1.29, 1.82) is 0 Å². The lowest BCUT2D eigenvalue weighted by Gasteiger charge is -2.14. The quantitative estimate of drug-likeness (QED) is 0.896. The largest absolute Gasteiger partial charge is 0.493 e. The van der Waals surface area contributed by atoms with E-state index in [1.165, 1.54) is 5.56 Å². The van der Waals surface area contributed by atoms with E-state index in [2.05, 4.69) is 24.4 Å². The first-order valence-electron chi connectivity index (χ1n) is 6.70. The maximum atomic E-state index is 6.03. The average Bonchev–Trinajstić information content (AvgIpc) is 2.43. The van der Waals surface area contributed by atoms with Crippen LogP contribution < -0.4 is 14.8 Å². The maximum Gasteiger partial charge on any atom is 0.169 e. The van der Waals surface area contributed by atoms with Crippen molar-refractivity contribution >= 4 is 0 Å². The highest BCUT2D eigenvalue weighted by Crippen LogP contribution is 2.34. The number of methoxy groups -OCH3 is 1. The van der Waals surface area contributed by atoms with Gasteiger partial charge in [-0.1, -0.05) is 23.8 Å². The second-order valence-electron chi connectivity index (χ2n) is 4.90. The van der Waals surface area contributed by atoms with Crippen molar-refractivity contribution in [2.75, 3.05) is 14.2 Å². The van der Waals surface area contributed by atoms with Crippen molar-refractivity contribution in [2.45, 2.75) is 20.4 Å². The first kappa shape index (κ1) is 14.4. The predicted molar refractivity (Wildman–Crippen MR) is 81.7 cm³/mol. The van der Waals surface area contributed by atoms with Crippen molar-refractivity contribution < 1.29 is 9.47 Å². The number of hydrogen-bond acceptors (Lipinski definition) is 3. The number of benzene rings is 2. The van der Waals surface area contributed by atoms with Crippen LogP contribution >= 0.6 is 0 Å². The van der Waals surface area contributed by atoms with Crippen LogP contribution in [0.25, 0.3) is 0 Å². The molecule has 0 radical (unpaired) electrons. The molecule has 2 rings (SSSR count). The van der Waals surface area contributed by atoms with E-state index < -0.39 is 0 Å². The summed E-state index contributed by atoms with van der Waals surface area (Å²) >= 11 is 0. The molecule has 2 aromatic carbocycles. The monoisotopic (exact) mass is 271 g/mol. The van der Waals surface area contributed by atoms with Crippen LogP contribution in [0.2, 0.25) is 0 Å². The van der Waals surface area contributed by atoms with Gasteiger partial charge in [-0.05, 0) is 44.7 Å². The van der Waals surface area contributed by atoms with Gasteiger partial charge in [0.05, 0.1) is 7.11 Å². The lowest BCUT2D eigenvalue weighted by atomic mass is 10.1. The van der Waals surface area contributed by atoms with Crippen LogP contribution in [-0.4, -0.2) is 14.2 Å². The molecule has 3 heteroatoms. The zero-order valence-corrected chi connectivity index (χ0v) is 12.5. The van der Waals surface area contributed by atoms with Gasteiger partial charge in [0.2, 0.25) is 0 Å². The summed E-state index contributed by atoms with van der Waals surface area (Å²) < 4.78 is 11.4. The summed E-state index contributed by atoms with van der Waals surface area (Å²) in [5, 5.41) is 3.16. The average molecular weight is 271 g/mol. The molecule has 0 aromatic heterocycles. The standard InChI is InChI=1S/C17H21NO2/c1-12-5-7-15(14(9-12)11-18-3)20-16-8-6-13(2)10-17(16)19-4/h5-10,18H,11H2,1-4H3. The van der Waals surface area contributed by atoms with Crippen LogP contribution in [0.3, 0.4) is 0 Å². The molecule has 3 nitrogen and oxygen atoms in total. The highest BCUT2D eigenvalue weighted by atomic mass is 16.5. The molecule has 0 atom stereocenters. The summed E-state index contributed by atoms with van der Waals surface area (Å²) in [4.78, 5) is 0. The molecule has 0 aliphatic heterocycles. The molecule has 106 valence electrons. The Labute approximate surface area is 120 Å². The van der Waals surface area contributed by atoms with Gasteiger partial charge in [0.25, 0.3) is 0 Å². The Morgan fingerprint density at radius 2 is 1.55 bits per heavy atom. The molecular formula is C17H21NO2. The zero-order chi connectivity index (χ0) is 14.5. The number of aryl methyl sites for hydroxylation is 2. The van der Waals surface area contributed by atoms with Crippen LogP contribution in [0.5, 0.6) is 17.2 Å². The van der Waals surface area contributed by atoms with E-state index in [1.54, 1.807) is 7.11 Å². The molecule has 0 saturated carbocycles. The fraction of sp³-hybridized carbons (Fsp3) is 0.294. The van der Waals surface area contributed by atoms with E-state index >= 15 is 0 Å². The zero-order valence-electron chi connectivity index (χ0n) is 12.5. The Hall–Kier alpha value is -2.00. The van der Waals surface area contributed by atoms with E-state index in [-0.39, 0.29) is 0 Å². The first-order valence-corrected chi connectivity index (χ1v) is 6.70. The third-order valence-electron chi connectivity index (χ3n) is 3.12. The first-order chi connectivity index (χ1) is 9.63. The van der Waals surface area contributed by atoms with Gasteiger partial charge in [0.15, 0.2) is 11.5 Å². The van der Waals surface area contributed by atoms with Crippen molar-refractivity contribution in [3.63, 3.8) is 0 Å². The van der Waals surface area contributed by atoms with Gasteiger partial charge < -0.3 is 14.8 Å². The summed E-state index contributed by atoms with van der Waals surface area (Å²) in [6.45, 7) is 4.88. The minimum atomic E-state index is 0.735. The molecule has 2 aromatic rings. The molecule has 0 unspecified atom stereocenters. The lowest BCUT2D eigenvalue weighted by Crippen LogP contribution is -2.06. The van der Waals surface area contributed by atoms with Gasteiger partial charge in [-0.15, -0.1) is 0 Å². The summed E-state index contributed by atoms with van der Waals surface area (Å²) in [5.41, 5.74) is 3.50. The van der Waals surface area contributed by atoms with E-state index in [4.69, 9.17) is 9.47 Å². The molecule has 0 spiro atoms. The minimum Gasteiger partial charge on any atom is -0.493 e. The number of nitrogens with one attached hydrogen (secondary N) is 1. The third-order valence-corrected chi connectivity index (χ3v) is 3.12. The van der Waals surface area contributed by atoms with Gasteiger partial charge in [0.1, 0.15) is 5.75 Å². The SMILES string of the molecule is CNCc1cc(C)ccc1Oc1ccc(C)cc1OC. The summed E-state index contributed by atoms with van der Waals surface area (Å²) in [5.74, 6) is 2.34. The topological polar surface area (TPSA) is 30.5 Å². The van der Waals surface area contributed by atoms with E-state index in [9.17, 15) is 0 Å².